The molecule has 1 heteroatoms. The number of rotatable bonds is 3. The van der Waals surface area contributed by atoms with Crippen LogP contribution in [0.1, 0.15) is 58.2 Å². The number of methoxy groups -OCH3 is 1. The summed E-state index contributed by atoms with van der Waals surface area (Å²) in [6.07, 6.45) is 0. The van der Waals surface area contributed by atoms with Gasteiger partial charge in [0.2, 0.25) is 0 Å². The lowest BCUT2D eigenvalue weighted by Gasteiger charge is -2.26. The van der Waals surface area contributed by atoms with Gasteiger partial charge in [0.05, 0.1) is 7.11 Å². The Hall–Kier alpha value is -1.76. The Morgan fingerprint density at radius 2 is 1.05 bits per heavy atom. The van der Waals surface area contributed by atoms with Crippen molar-refractivity contribution in [3.63, 3.8) is 0 Å². The predicted molar refractivity (Wildman–Crippen MR) is 99.0 cm³/mol. The van der Waals surface area contributed by atoms with Crippen molar-refractivity contribution in [3.05, 3.63) is 65.2 Å². The standard InChI is InChI=1S/C17H20O.2C2H6/c1-13-5-7-14(8-6-13)17(2,3)15-9-11-16(18-4)12-10-15;2*1-2/h5-12H,1-4H3;2*1-2H3. The van der Waals surface area contributed by atoms with E-state index in [9.17, 15) is 0 Å². The van der Waals surface area contributed by atoms with Crippen LogP contribution in [-0.4, -0.2) is 7.11 Å². The summed E-state index contributed by atoms with van der Waals surface area (Å²) in [5, 5.41) is 0. The molecule has 22 heavy (non-hydrogen) atoms. The largest absolute Gasteiger partial charge is 0.497 e. The highest BCUT2D eigenvalue weighted by Gasteiger charge is 2.22. The number of hydrogen-bond donors (Lipinski definition) is 0. The second-order valence-corrected chi connectivity index (χ2v) is 5.22. The van der Waals surface area contributed by atoms with Gasteiger partial charge in [0.1, 0.15) is 5.75 Å². The van der Waals surface area contributed by atoms with Crippen molar-refractivity contribution in [2.24, 2.45) is 0 Å². The van der Waals surface area contributed by atoms with Crippen LogP contribution in [0, 0.1) is 6.92 Å². The fourth-order valence-corrected chi connectivity index (χ4v) is 2.14. The van der Waals surface area contributed by atoms with Gasteiger partial charge in [-0.3, -0.25) is 0 Å². The van der Waals surface area contributed by atoms with Gasteiger partial charge in [-0.2, -0.15) is 0 Å². The molecule has 122 valence electrons. The number of hydrogen-bond acceptors (Lipinski definition) is 1. The summed E-state index contributed by atoms with van der Waals surface area (Å²) in [4.78, 5) is 0. The smallest absolute Gasteiger partial charge is 0.118 e. The lowest BCUT2D eigenvalue weighted by atomic mass is 9.78. The summed E-state index contributed by atoms with van der Waals surface area (Å²) >= 11 is 0. The van der Waals surface area contributed by atoms with Crippen molar-refractivity contribution in [2.75, 3.05) is 7.11 Å². The zero-order valence-corrected chi connectivity index (χ0v) is 15.5. The van der Waals surface area contributed by atoms with Crippen LogP contribution in [0.4, 0.5) is 0 Å². The summed E-state index contributed by atoms with van der Waals surface area (Å²) in [5.74, 6) is 0.901. The molecule has 0 aliphatic carbocycles. The number of aryl methyl sites for hydroxylation is 1. The third-order valence-electron chi connectivity index (χ3n) is 3.58. The molecule has 2 aromatic rings. The van der Waals surface area contributed by atoms with Crippen molar-refractivity contribution in [3.8, 4) is 5.75 Å². The molecule has 0 bridgehead atoms. The van der Waals surface area contributed by atoms with Crippen LogP contribution < -0.4 is 4.74 Å². The monoisotopic (exact) mass is 300 g/mol. The second-order valence-electron chi connectivity index (χ2n) is 5.22. The Kier molecular flexibility index (Phi) is 9.24. The van der Waals surface area contributed by atoms with Crippen molar-refractivity contribution >= 4 is 0 Å². The lowest BCUT2D eigenvalue weighted by molar-refractivity contribution is 0.414. The highest BCUT2D eigenvalue weighted by molar-refractivity contribution is 5.40. The minimum atomic E-state index is 0.0139. The summed E-state index contributed by atoms with van der Waals surface area (Å²) < 4.78 is 5.20. The first-order valence-electron chi connectivity index (χ1n) is 8.26. The molecular weight excluding hydrogens is 268 g/mol. The maximum Gasteiger partial charge on any atom is 0.118 e. The molecule has 0 N–H and O–H groups in total. The fraction of sp³-hybridized carbons (Fsp3) is 0.429. The van der Waals surface area contributed by atoms with Gasteiger partial charge in [-0.15, -0.1) is 0 Å². The minimum absolute atomic E-state index is 0.0139. The second kappa shape index (κ2) is 10.0. The zero-order valence-electron chi connectivity index (χ0n) is 15.5. The summed E-state index contributed by atoms with van der Waals surface area (Å²) in [7, 11) is 1.69. The third-order valence-corrected chi connectivity index (χ3v) is 3.58. The predicted octanol–water partition coefficient (Wildman–Crippen LogP) is 6.38. The lowest BCUT2D eigenvalue weighted by Crippen LogP contribution is -2.18. The van der Waals surface area contributed by atoms with Crippen LogP contribution >= 0.6 is 0 Å². The van der Waals surface area contributed by atoms with Gasteiger partial charge in [-0.05, 0) is 30.2 Å². The van der Waals surface area contributed by atoms with E-state index in [4.69, 9.17) is 4.74 Å². The van der Waals surface area contributed by atoms with E-state index in [1.807, 2.05) is 39.8 Å². The van der Waals surface area contributed by atoms with E-state index in [0.717, 1.165) is 5.75 Å². The molecule has 0 aliphatic rings. The maximum absolute atomic E-state index is 5.20. The van der Waals surface area contributed by atoms with Gasteiger partial charge in [0, 0.05) is 5.41 Å². The van der Waals surface area contributed by atoms with Crippen molar-refractivity contribution in [1.82, 2.24) is 0 Å². The molecule has 2 rings (SSSR count). The van der Waals surface area contributed by atoms with Crippen molar-refractivity contribution in [1.29, 1.82) is 0 Å². The quantitative estimate of drug-likeness (QED) is 0.639. The molecule has 0 saturated carbocycles. The van der Waals surface area contributed by atoms with Crippen LogP contribution in [0.15, 0.2) is 48.5 Å². The SMILES string of the molecule is CC.CC.COc1ccc(C(C)(C)c2ccc(C)cc2)cc1. The Labute approximate surface area is 137 Å². The van der Waals surface area contributed by atoms with Gasteiger partial charge in [-0.1, -0.05) is 83.5 Å². The van der Waals surface area contributed by atoms with Crippen LogP contribution in [0.5, 0.6) is 5.75 Å². The third kappa shape index (κ3) is 5.22. The summed E-state index contributed by atoms with van der Waals surface area (Å²) in [6, 6.07) is 17.1. The average Bonchev–Trinajstić information content (AvgIpc) is 2.59. The maximum atomic E-state index is 5.20. The molecule has 0 amide bonds. The number of benzene rings is 2. The van der Waals surface area contributed by atoms with E-state index in [1.165, 1.54) is 16.7 Å². The zero-order chi connectivity index (χ0) is 17.2. The van der Waals surface area contributed by atoms with Gasteiger partial charge >= 0.3 is 0 Å². The van der Waals surface area contributed by atoms with E-state index in [2.05, 4.69) is 57.2 Å². The molecule has 0 radical (unpaired) electrons. The Balaban J connectivity index is 0.00000102. The molecule has 0 saturated heterocycles. The highest BCUT2D eigenvalue weighted by Crippen LogP contribution is 2.32. The minimum Gasteiger partial charge on any atom is -0.497 e. The molecule has 0 atom stereocenters. The van der Waals surface area contributed by atoms with Crippen LogP contribution in [0.25, 0.3) is 0 Å². The normalized spacial score (nSPS) is 9.82. The summed E-state index contributed by atoms with van der Waals surface area (Å²) in [5.41, 5.74) is 3.94. The number of ether oxygens (including phenoxy) is 1. The molecule has 1 nitrogen and oxygen atoms in total. The Bertz CT molecular complexity index is 507. The first-order valence-corrected chi connectivity index (χ1v) is 8.26. The Morgan fingerprint density at radius 1 is 0.682 bits per heavy atom. The fourth-order valence-electron chi connectivity index (χ4n) is 2.14. The van der Waals surface area contributed by atoms with E-state index >= 15 is 0 Å². The van der Waals surface area contributed by atoms with E-state index in [1.54, 1.807) is 7.11 Å². The molecule has 0 heterocycles. The van der Waals surface area contributed by atoms with Gasteiger partial charge in [0.15, 0.2) is 0 Å². The van der Waals surface area contributed by atoms with Gasteiger partial charge < -0.3 is 4.74 Å². The molecule has 0 aromatic heterocycles. The molecular formula is C21H32O. The highest BCUT2D eigenvalue weighted by atomic mass is 16.5. The topological polar surface area (TPSA) is 9.23 Å². The van der Waals surface area contributed by atoms with E-state index < -0.39 is 0 Å². The van der Waals surface area contributed by atoms with Gasteiger partial charge in [0.25, 0.3) is 0 Å². The Morgan fingerprint density at radius 3 is 1.41 bits per heavy atom. The van der Waals surface area contributed by atoms with Crippen LogP contribution in [0.2, 0.25) is 0 Å². The van der Waals surface area contributed by atoms with Crippen LogP contribution in [-0.2, 0) is 5.41 Å². The van der Waals surface area contributed by atoms with E-state index in [0.29, 0.717) is 0 Å². The molecule has 2 aromatic carbocycles. The van der Waals surface area contributed by atoms with Crippen molar-refractivity contribution in [2.45, 2.75) is 53.9 Å². The first kappa shape index (κ1) is 20.2. The molecule has 0 aliphatic heterocycles. The summed E-state index contributed by atoms with van der Waals surface area (Å²) in [6.45, 7) is 14.6. The molecule has 0 unspecified atom stereocenters. The molecule has 0 spiro atoms. The van der Waals surface area contributed by atoms with E-state index in [-0.39, 0.29) is 5.41 Å². The van der Waals surface area contributed by atoms with Gasteiger partial charge in [-0.25, -0.2) is 0 Å². The average molecular weight is 300 g/mol. The molecule has 0 fully saturated rings. The van der Waals surface area contributed by atoms with Crippen LogP contribution in [0.3, 0.4) is 0 Å². The van der Waals surface area contributed by atoms with Crippen molar-refractivity contribution < 1.29 is 4.74 Å². The first-order chi connectivity index (χ1) is 10.5.